The molecule has 0 aliphatic carbocycles. The Bertz CT molecular complexity index is 1840. The molecule has 216 valence electrons. The molecule has 2 amide bonds. The molecule has 0 bridgehead atoms. The van der Waals surface area contributed by atoms with Gasteiger partial charge in [0.2, 0.25) is 0 Å². The zero-order valence-electron chi connectivity index (χ0n) is 22.6. The number of rotatable bonds is 9. The zero-order chi connectivity index (χ0) is 30.3. The van der Waals surface area contributed by atoms with Crippen molar-refractivity contribution in [3.8, 4) is 11.5 Å². The Kier molecular flexibility index (Phi) is 9.51. The van der Waals surface area contributed by atoms with Gasteiger partial charge < -0.3 is 14.8 Å². The second-order valence-corrected chi connectivity index (χ2v) is 11.4. The molecule has 0 saturated carbocycles. The number of amides is 2. The lowest BCUT2D eigenvalue weighted by Crippen LogP contribution is -2.17. The van der Waals surface area contributed by atoms with Crippen molar-refractivity contribution in [1.29, 1.82) is 0 Å². The minimum Gasteiger partial charge on any atom is -0.490 e. The molecule has 4 aromatic carbocycles. The number of hydrazone groups is 1. The second-order valence-electron chi connectivity index (χ2n) is 9.01. The van der Waals surface area contributed by atoms with E-state index in [1.165, 1.54) is 17.6 Å². The summed E-state index contributed by atoms with van der Waals surface area (Å²) in [7, 11) is 0. The molecule has 2 N–H and O–H groups in total. The molecule has 5 aromatic rings. The lowest BCUT2D eigenvalue weighted by atomic mass is 10.2. The Morgan fingerprint density at radius 3 is 2.35 bits per heavy atom. The van der Waals surface area contributed by atoms with Crippen LogP contribution in [0.15, 0.2) is 101 Å². The number of carbonyl (C=O) groups excluding carboxylic acids is 3. The first-order valence-electron chi connectivity index (χ1n) is 13.0. The number of ether oxygens (including phenoxy) is 2. The maximum absolute atomic E-state index is 12.8. The lowest BCUT2D eigenvalue weighted by molar-refractivity contribution is 0.0728. The minimum absolute atomic E-state index is 0.262. The summed E-state index contributed by atoms with van der Waals surface area (Å²) in [6.07, 6.45) is 1.45. The smallest absolute Gasteiger partial charge is 0.343 e. The van der Waals surface area contributed by atoms with Crippen LogP contribution in [0.5, 0.6) is 11.5 Å². The fraction of sp³-hybridized carbons (Fsp3) is 0.0625. The Balaban J connectivity index is 1.19. The van der Waals surface area contributed by atoms with E-state index in [-0.39, 0.29) is 11.7 Å². The van der Waals surface area contributed by atoms with Crippen LogP contribution in [-0.2, 0) is 0 Å². The SMILES string of the molecule is CCOc1cc(/C=N\NC(=O)c2ccc(NC(=O)c3sc4ccccc4c3Cl)cc2)ccc1OC(=O)c1ccc(Br)cc1. The average molecular weight is 677 g/mol. The van der Waals surface area contributed by atoms with Gasteiger partial charge in [-0.15, -0.1) is 11.3 Å². The van der Waals surface area contributed by atoms with Gasteiger partial charge in [-0.2, -0.15) is 5.10 Å². The number of nitrogens with one attached hydrogen (secondary N) is 2. The summed E-state index contributed by atoms with van der Waals surface area (Å²) in [6, 6.07) is 25.7. The van der Waals surface area contributed by atoms with Crippen molar-refractivity contribution in [2.45, 2.75) is 6.92 Å². The molecule has 0 radical (unpaired) electrons. The topological polar surface area (TPSA) is 106 Å². The van der Waals surface area contributed by atoms with E-state index in [4.69, 9.17) is 21.1 Å². The number of nitrogens with zero attached hydrogens (tertiary/aromatic N) is 1. The fourth-order valence-electron chi connectivity index (χ4n) is 3.99. The van der Waals surface area contributed by atoms with E-state index in [0.29, 0.717) is 44.6 Å². The van der Waals surface area contributed by atoms with Crippen LogP contribution in [0.2, 0.25) is 5.02 Å². The fourth-order valence-corrected chi connectivity index (χ4v) is 5.66. The number of benzene rings is 4. The highest BCUT2D eigenvalue weighted by Gasteiger charge is 2.17. The van der Waals surface area contributed by atoms with Gasteiger partial charge in [-0.3, -0.25) is 9.59 Å². The van der Waals surface area contributed by atoms with Gasteiger partial charge >= 0.3 is 5.97 Å². The highest BCUT2D eigenvalue weighted by atomic mass is 79.9. The number of anilines is 1. The van der Waals surface area contributed by atoms with Crippen LogP contribution in [0.1, 0.15) is 42.9 Å². The second kappa shape index (κ2) is 13.6. The van der Waals surface area contributed by atoms with Crippen molar-refractivity contribution in [3.05, 3.63) is 122 Å². The molecule has 0 spiro atoms. The molecule has 5 rings (SSSR count). The van der Waals surface area contributed by atoms with Gasteiger partial charge in [0.05, 0.1) is 23.4 Å². The summed E-state index contributed by atoms with van der Waals surface area (Å²) < 4.78 is 13.0. The zero-order valence-corrected chi connectivity index (χ0v) is 25.8. The summed E-state index contributed by atoms with van der Waals surface area (Å²) in [5, 5.41) is 8.09. The van der Waals surface area contributed by atoms with Gasteiger partial charge in [0.25, 0.3) is 11.8 Å². The van der Waals surface area contributed by atoms with E-state index in [2.05, 4.69) is 31.8 Å². The summed E-state index contributed by atoms with van der Waals surface area (Å²) >= 11 is 11.1. The van der Waals surface area contributed by atoms with Crippen molar-refractivity contribution in [3.63, 3.8) is 0 Å². The Labute approximate surface area is 264 Å². The van der Waals surface area contributed by atoms with Crippen molar-refractivity contribution in [2.75, 3.05) is 11.9 Å². The molecule has 0 saturated heterocycles. The summed E-state index contributed by atoms with van der Waals surface area (Å²) in [5.74, 6) is -0.660. The van der Waals surface area contributed by atoms with Gasteiger partial charge in [-0.25, -0.2) is 10.2 Å². The number of thiophene rings is 1. The third-order valence-electron chi connectivity index (χ3n) is 6.08. The summed E-state index contributed by atoms with van der Waals surface area (Å²) in [5.41, 5.74) is 4.36. The van der Waals surface area contributed by atoms with Crippen molar-refractivity contribution in [2.24, 2.45) is 5.10 Å². The maximum atomic E-state index is 12.8. The van der Waals surface area contributed by atoms with E-state index in [1.807, 2.05) is 31.2 Å². The highest BCUT2D eigenvalue weighted by molar-refractivity contribution is 9.10. The number of esters is 1. The van der Waals surface area contributed by atoms with E-state index in [0.717, 1.165) is 14.6 Å². The summed E-state index contributed by atoms with van der Waals surface area (Å²) in [4.78, 5) is 38.4. The number of hydrogen-bond acceptors (Lipinski definition) is 7. The molecule has 0 unspecified atom stereocenters. The van der Waals surface area contributed by atoms with E-state index in [9.17, 15) is 14.4 Å². The predicted molar refractivity (Wildman–Crippen MR) is 173 cm³/mol. The standard InChI is InChI=1S/C32H23BrClN3O5S/c1-2-41-26-17-19(7-16-25(26)42-32(40)21-8-12-22(33)13-9-21)18-35-37-30(38)20-10-14-23(15-11-20)36-31(39)29-28(34)24-5-3-4-6-27(24)43-29/h3-18H,2H2,1H3,(H,36,39)(H,37,38)/b35-18-. The van der Waals surface area contributed by atoms with Crippen LogP contribution in [-0.4, -0.2) is 30.6 Å². The minimum atomic E-state index is -0.517. The van der Waals surface area contributed by atoms with Gasteiger partial charge in [-0.1, -0.05) is 45.7 Å². The van der Waals surface area contributed by atoms with E-state index < -0.39 is 11.9 Å². The average Bonchev–Trinajstić information content (AvgIpc) is 3.35. The number of fused-ring (bicyclic) bond motifs is 1. The molecular formula is C32H23BrClN3O5S. The first kappa shape index (κ1) is 30.0. The van der Waals surface area contributed by atoms with Gasteiger partial charge in [-0.05, 0) is 85.3 Å². The summed E-state index contributed by atoms with van der Waals surface area (Å²) in [6.45, 7) is 2.17. The molecule has 8 nitrogen and oxygen atoms in total. The number of hydrogen-bond donors (Lipinski definition) is 2. The number of halogens is 2. The number of carbonyl (C=O) groups is 3. The van der Waals surface area contributed by atoms with E-state index >= 15 is 0 Å². The molecule has 0 aliphatic rings. The van der Waals surface area contributed by atoms with Crippen LogP contribution >= 0.6 is 38.9 Å². The van der Waals surface area contributed by atoms with Gasteiger partial charge in [0.15, 0.2) is 11.5 Å². The molecule has 0 fully saturated rings. The maximum Gasteiger partial charge on any atom is 0.343 e. The van der Waals surface area contributed by atoms with Crippen LogP contribution in [0.25, 0.3) is 10.1 Å². The van der Waals surface area contributed by atoms with Crippen molar-refractivity contribution >= 4 is 78.6 Å². The van der Waals surface area contributed by atoms with Crippen LogP contribution in [0, 0.1) is 0 Å². The third-order valence-corrected chi connectivity index (χ3v) is 8.28. The van der Waals surface area contributed by atoms with Crippen LogP contribution in [0.4, 0.5) is 5.69 Å². The van der Waals surface area contributed by atoms with Gasteiger partial charge in [0.1, 0.15) is 4.88 Å². The Hall–Kier alpha value is -4.51. The quantitative estimate of drug-likeness (QED) is 0.0714. The van der Waals surface area contributed by atoms with E-state index in [1.54, 1.807) is 66.7 Å². The lowest BCUT2D eigenvalue weighted by Gasteiger charge is -2.11. The Morgan fingerprint density at radius 1 is 0.907 bits per heavy atom. The normalized spacial score (nSPS) is 11.0. The predicted octanol–water partition coefficient (Wildman–Crippen LogP) is 7.95. The monoisotopic (exact) mass is 675 g/mol. The van der Waals surface area contributed by atoms with Crippen molar-refractivity contribution in [1.82, 2.24) is 5.43 Å². The van der Waals surface area contributed by atoms with Gasteiger partial charge in [0, 0.05) is 25.8 Å². The molecule has 0 aliphatic heterocycles. The largest absolute Gasteiger partial charge is 0.490 e. The molecule has 1 aromatic heterocycles. The first-order valence-corrected chi connectivity index (χ1v) is 15.0. The Morgan fingerprint density at radius 2 is 1.63 bits per heavy atom. The van der Waals surface area contributed by atoms with Crippen LogP contribution in [0.3, 0.4) is 0 Å². The van der Waals surface area contributed by atoms with Crippen molar-refractivity contribution < 1.29 is 23.9 Å². The molecular weight excluding hydrogens is 654 g/mol. The molecule has 11 heteroatoms. The third kappa shape index (κ3) is 7.29. The molecule has 0 atom stereocenters. The molecule has 43 heavy (non-hydrogen) atoms. The highest BCUT2D eigenvalue weighted by Crippen LogP contribution is 2.35. The first-order chi connectivity index (χ1) is 20.8. The molecule has 1 heterocycles. The van der Waals surface area contributed by atoms with Crippen LogP contribution < -0.4 is 20.2 Å².